The minimum absolute atomic E-state index is 0.110. The molecule has 0 spiro atoms. The standard InChI is InChI=1S/C20H12BrFN4O2S/c21-13-7-12(9-23-10-13)19-25-16-8-15(5-6-17(16)28-19)24-20(29)26-18(27)11-1-3-14(22)4-2-11/h1-10H,(H2,24,26,27,29). The Labute approximate surface area is 178 Å². The molecule has 0 saturated carbocycles. The van der Waals surface area contributed by atoms with Crippen LogP contribution in [0.15, 0.2) is 69.8 Å². The molecule has 2 aromatic carbocycles. The zero-order chi connectivity index (χ0) is 20.4. The maximum absolute atomic E-state index is 13.0. The van der Waals surface area contributed by atoms with E-state index in [1.807, 2.05) is 6.07 Å². The van der Waals surface area contributed by atoms with Gasteiger partial charge < -0.3 is 9.73 Å². The third-order valence-corrected chi connectivity index (χ3v) is 4.57. The lowest BCUT2D eigenvalue weighted by molar-refractivity contribution is 0.0977. The number of anilines is 1. The molecule has 29 heavy (non-hydrogen) atoms. The van der Waals surface area contributed by atoms with Gasteiger partial charge in [-0.15, -0.1) is 0 Å². The Morgan fingerprint density at radius 2 is 1.90 bits per heavy atom. The number of benzene rings is 2. The number of hydrogen-bond acceptors (Lipinski definition) is 5. The van der Waals surface area contributed by atoms with Gasteiger partial charge in [-0.1, -0.05) is 0 Å². The topological polar surface area (TPSA) is 80.0 Å². The van der Waals surface area contributed by atoms with E-state index in [1.54, 1.807) is 30.6 Å². The number of thiocarbonyl (C=S) groups is 1. The van der Waals surface area contributed by atoms with Gasteiger partial charge >= 0.3 is 0 Å². The number of nitrogens with zero attached hydrogens (tertiary/aromatic N) is 2. The summed E-state index contributed by atoms with van der Waals surface area (Å²) in [7, 11) is 0. The van der Waals surface area contributed by atoms with Crippen LogP contribution in [0.5, 0.6) is 0 Å². The van der Waals surface area contributed by atoms with Crippen molar-refractivity contribution in [3.8, 4) is 11.5 Å². The van der Waals surface area contributed by atoms with Crippen LogP contribution in [0.25, 0.3) is 22.6 Å². The molecule has 0 bridgehead atoms. The number of aromatic nitrogens is 2. The van der Waals surface area contributed by atoms with E-state index in [4.69, 9.17) is 16.6 Å². The summed E-state index contributed by atoms with van der Waals surface area (Å²) in [4.78, 5) is 20.7. The second-order valence-corrected chi connectivity index (χ2v) is 7.33. The maximum atomic E-state index is 13.0. The van der Waals surface area contributed by atoms with Crippen molar-refractivity contribution in [3.05, 3.63) is 76.8 Å². The van der Waals surface area contributed by atoms with Crippen LogP contribution in [-0.4, -0.2) is 21.0 Å². The van der Waals surface area contributed by atoms with E-state index in [2.05, 4.69) is 36.5 Å². The average molecular weight is 471 g/mol. The highest BCUT2D eigenvalue weighted by atomic mass is 79.9. The maximum Gasteiger partial charge on any atom is 0.257 e. The molecule has 0 saturated heterocycles. The molecule has 0 unspecified atom stereocenters. The Bertz CT molecular complexity index is 1230. The first-order chi connectivity index (χ1) is 14.0. The van der Waals surface area contributed by atoms with Gasteiger partial charge in [-0.25, -0.2) is 9.37 Å². The third-order valence-electron chi connectivity index (χ3n) is 3.93. The van der Waals surface area contributed by atoms with Gasteiger partial charge in [-0.2, -0.15) is 0 Å². The molecular weight excluding hydrogens is 459 g/mol. The Balaban J connectivity index is 1.48. The lowest BCUT2D eigenvalue weighted by atomic mass is 10.2. The molecule has 9 heteroatoms. The SMILES string of the molecule is O=C(NC(=S)Nc1ccc2oc(-c3cncc(Br)c3)nc2c1)c1ccc(F)cc1. The van der Waals surface area contributed by atoms with Crippen LogP contribution in [0.4, 0.5) is 10.1 Å². The van der Waals surface area contributed by atoms with Gasteiger partial charge in [0.15, 0.2) is 10.7 Å². The second-order valence-electron chi connectivity index (χ2n) is 6.01. The zero-order valence-corrected chi connectivity index (χ0v) is 17.1. The van der Waals surface area contributed by atoms with Crippen LogP contribution in [-0.2, 0) is 0 Å². The number of pyridine rings is 1. The van der Waals surface area contributed by atoms with Crippen LogP contribution >= 0.6 is 28.1 Å². The molecule has 144 valence electrons. The number of carbonyl (C=O) groups excluding carboxylic acids is 1. The molecule has 1 amide bonds. The van der Waals surface area contributed by atoms with E-state index in [9.17, 15) is 9.18 Å². The van der Waals surface area contributed by atoms with E-state index >= 15 is 0 Å². The first-order valence-electron chi connectivity index (χ1n) is 8.37. The third kappa shape index (κ3) is 4.47. The first kappa shape index (κ1) is 19.2. The molecule has 0 aliphatic carbocycles. The van der Waals surface area contributed by atoms with Gasteiger partial charge in [0.2, 0.25) is 5.89 Å². The molecule has 2 aromatic heterocycles. The summed E-state index contributed by atoms with van der Waals surface area (Å²) in [5.41, 5.74) is 2.90. The van der Waals surface area contributed by atoms with E-state index in [1.165, 1.54) is 24.3 Å². The van der Waals surface area contributed by atoms with E-state index in [0.29, 0.717) is 28.2 Å². The lowest BCUT2D eigenvalue weighted by Gasteiger charge is -2.09. The molecule has 2 N–H and O–H groups in total. The Morgan fingerprint density at radius 3 is 2.66 bits per heavy atom. The first-order valence-corrected chi connectivity index (χ1v) is 9.57. The van der Waals surface area contributed by atoms with Crippen molar-refractivity contribution in [2.24, 2.45) is 0 Å². The molecular formula is C20H12BrFN4O2S. The van der Waals surface area contributed by atoms with Crippen molar-refractivity contribution in [1.82, 2.24) is 15.3 Å². The molecule has 0 aliphatic heterocycles. The summed E-state index contributed by atoms with van der Waals surface area (Å²) in [6.07, 6.45) is 3.34. The fraction of sp³-hybridized carbons (Fsp3) is 0. The van der Waals surface area contributed by atoms with Crippen molar-refractivity contribution in [2.75, 3.05) is 5.32 Å². The number of amides is 1. The largest absolute Gasteiger partial charge is 0.436 e. The Kier molecular flexibility index (Phi) is 5.32. The average Bonchev–Trinajstić information content (AvgIpc) is 3.12. The molecule has 2 heterocycles. The van der Waals surface area contributed by atoms with Crippen molar-refractivity contribution < 1.29 is 13.6 Å². The number of halogens is 2. The highest BCUT2D eigenvalue weighted by Gasteiger charge is 2.11. The Morgan fingerprint density at radius 1 is 1.10 bits per heavy atom. The number of hydrogen-bond donors (Lipinski definition) is 2. The van der Waals surface area contributed by atoms with Crippen molar-refractivity contribution in [2.45, 2.75) is 0 Å². The Hall–Kier alpha value is -3.17. The van der Waals surface area contributed by atoms with Gasteiger partial charge in [0.1, 0.15) is 11.3 Å². The summed E-state index contributed by atoms with van der Waals surface area (Å²) in [5, 5.41) is 5.59. The highest BCUT2D eigenvalue weighted by molar-refractivity contribution is 9.10. The van der Waals surface area contributed by atoms with Crippen LogP contribution in [0.2, 0.25) is 0 Å². The second kappa shape index (κ2) is 8.06. The smallest absolute Gasteiger partial charge is 0.257 e. The predicted molar refractivity (Wildman–Crippen MR) is 115 cm³/mol. The number of rotatable bonds is 3. The number of fused-ring (bicyclic) bond motifs is 1. The van der Waals surface area contributed by atoms with E-state index in [0.717, 1.165) is 10.0 Å². The normalized spacial score (nSPS) is 10.7. The van der Waals surface area contributed by atoms with Gasteiger partial charge in [-0.05, 0) is 76.7 Å². The van der Waals surface area contributed by atoms with E-state index < -0.39 is 11.7 Å². The number of oxazole rings is 1. The van der Waals surface area contributed by atoms with Crippen LogP contribution in [0.3, 0.4) is 0 Å². The molecule has 0 radical (unpaired) electrons. The van der Waals surface area contributed by atoms with Crippen molar-refractivity contribution in [1.29, 1.82) is 0 Å². The van der Waals surface area contributed by atoms with Crippen LogP contribution in [0, 0.1) is 5.82 Å². The summed E-state index contributed by atoms with van der Waals surface area (Å²) in [6, 6.07) is 12.3. The van der Waals surface area contributed by atoms with Crippen LogP contribution < -0.4 is 10.6 Å². The molecule has 0 aliphatic rings. The van der Waals surface area contributed by atoms with Gasteiger partial charge in [0, 0.05) is 28.1 Å². The molecule has 0 atom stereocenters. The minimum Gasteiger partial charge on any atom is -0.436 e. The fourth-order valence-corrected chi connectivity index (χ4v) is 3.17. The molecule has 4 rings (SSSR count). The summed E-state index contributed by atoms with van der Waals surface area (Å²) in [5.74, 6) is -0.409. The fourth-order valence-electron chi connectivity index (χ4n) is 2.60. The summed E-state index contributed by atoms with van der Waals surface area (Å²) >= 11 is 8.56. The number of nitrogens with one attached hydrogen (secondary N) is 2. The predicted octanol–water partition coefficient (Wildman–Crippen LogP) is 4.92. The van der Waals surface area contributed by atoms with Gasteiger partial charge in [0.25, 0.3) is 5.91 Å². The molecule has 0 fully saturated rings. The van der Waals surface area contributed by atoms with Gasteiger partial charge in [0.05, 0.1) is 5.56 Å². The van der Waals surface area contributed by atoms with E-state index in [-0.39, 0.29) is 5.11 Å². The summed E-state index contributed by atoms with van der Waals surface area (Å²) < 4.78 is 19.6. The van der Waals surface area contributed by atoms with Crippen molar-refractivity contribution >= 4 is 56.0 Å². The lowest BCUT2D eigenvalue weighted by Crippen LogP contribution is -2.34. The van der Waals surface area contributed by atoms with Gasteiger partial charge in [-0.3, -0.25) is 15.1 Å². The zero-order valence-electron chi connectivity index (χ0n) is 14.6. The quantitative estimate of drug-likeness (QED) is 0.413. The minimum atomic E-state index is -0.436. The molecule has 4 aromatic rings. The summed E-state index contributed by atoms with van der Waals surface area (Å²) in [6.45, 7) is 0. The van der Waals surface area contributed by atoms with Crippen molar-refractivity contribution in [3.63, 3.8) is 0 Å². The van der Waals surface area contributed by atoms with Crippen LogP contribution in [0.1, 0.15) is 10.4 Å². The molecule has 6 nitrogen and oxygen atoms in total. The highest BCUT2D eigenvalue weighted by Crippen LogP contribution is 2.27. The monoisotopic (exact) mass is 470 g/mol. The number of carbonyl (C=O) groups is 1.